The minimum atomic E-state index is -1.58. The minimum Gasteiger partial charge on any atom is -0.481 e. The van der Waals surface area contributed by atoms with Gasteiger partial charge in [0.2, 0.25) is 0 Å². The molecule has 118 valence electrons. The van der Waals surface area contributed by atoms with Crippen LogP contribution >= 0.6 is 0 Å². The van der Waals surface area contributed by atoms with E-state index in [2.05, 4.69) is 0 Å². The maximum Gasteiger partial charge on any atom is 0.303 e. The normalized spacial score (nSPS) is 35.8. The lowest BCUT2D eigenvalue weighted by atomic mass is 9.94. The molecule has 1 unspecified atom stereocenters. The second-order valence-corrected chi connectivity index (χ2v) is 5.05. The summed E-state index contributed by atoms with van der Waals surface area (Å²) in [4.78, 5) is 10.3. The van der Waals surface area contributed by atoms with Crippen molar-refractivity contribution in [1.29, 1.82) is 0 Å². The lowest BCUT2D eigenvalue weighted by molar-refractivity contribution is -0.283. The van der Waals surface area contributed by atoms with Gasteiger partial charge in [0, 0.05) is 6.42 Å². The number of carbonyl (C=O) groups is 1. The van der Waals surface area contributed by atoms with E-state index < -0.39 is 42.8 Å². The first-order valence-corrected chi connectivity index (χ1v) is 6.60. The van der Waals surface area contributed by atoms with Gasteiger partial charge in [0.05, 0.1) is 12.2 Å². The van der Waals surface area contributed by atoms with Crippen molar-refractivity contribution in [3.05, 3.63) is 0 Å². The highest BCUT2D eigenvalue weighted by atomic mass is 16.6. The van der Waals surface area contributed by atoms with Gasteiger partial charge in [0.25, 0.3) is 0 Å². The predicted octanol–water partition coefficient (Wildman–Crippen LogP) is -1.82. The Kier molecular flexibility index (Phi) is 6.80. The molecule has 0 saturated carbocycles. The summed E-state index contributed by atoms with van der Waals surface area (Å²) in [7, 11) is 0. The summed E-state index contributed by atoms with van der Waals surface area (Å²) in [6.07, 6.45) is -6.60. The fourth-order valence-corrected chi connectivity index (χ4v) is 2.16. The maximum absolute atomic E-state index is 10.3. The van der Waals surface area contributed by atoms with E-state index in [4.69, 9.17) is 9.84 Å². The zero-order valence-electron chi connectivity index (χ0n) is 11.0. The van der Waals surface area contributed by atoms with Gasteiger partial charge < -0.3 is 35.4 Å². The standard InChI is InChI=1S/C12H22O8/c13-6(2-1-3-8(14)15)4-5-7-9(16)10(17)11(18)12(19)20-7/h6-7,9-13,16-19H,1-5H2,(H,14,15)/t6?,7-,9+,10+,11-,12-/m1/s1. The number of ether oxygens (including phenoxy) is 1. The molecule has 1 aliphatic heterocycles. The summed E-state index contributed by atoms with van der Waals surface area (Å²) < 4.78 is 4.96. The van der Waals surface area contributed by atoms with E-state index in [1.54, 1.807) is 0 Å². The highest BCUT2D eigenvalue weighted by Gasteiger charge is 2.42. The van der Waals surface area contributed by atoms with Crippen LogP contribution < -0.4 is 0 Å². The molecule has 20 heavy (non-hydrogen) atoms. The van der Waals surface area contributed by atoms with Crippen LogP contribution in [0.4, 0.5) is 0 Å². The van der Waals surface area contributed by atoms with Crippen molar-refractivity contribution in [2.24, 2.45) is 0 Å². The summed E-state index contributed by atoms with van der Waals surface area (Å²) in [6, 6.07) is 0. The van der Waals surface area contributed by atoms with Crippen LogP contribution in [-0.4, -0.2) is 73.4 Å². The van der Waals surface area contributed by atoms with E-state index >= 15 is 0 Å². The third-order valence-corrected chi connectivity index (χ3v) is 3.40. The molecule has 0 radical (unpaired) electrons. The average molecular weight is 294 g/mol. The van der Waals surface area contributed by atoms with Crippen LogP contribution in [0.2, 0.25) is 0 Å². The van der Waals surface area contributed by atoms with E-state index in [1.807, 2.05) is 0 Å². The average Bonchev–Trinajstić information content (AvgIpc) is 2.38. The van der Waals surface area contributed by atoms with Gasteiger partial charge in [-0.15, -0.1) is 0 Å². The lowest BCUT2D eigenvalue weighted by Gasteiger charge is -2.38. The molecule has 6 atom stereocenters. The summed E-state index contributed by atoms with van der Waals surface area (Å²) in [5, 5.41) is 55.9. The third kappa shape index (κ3) is 4.97. The Morgan fingerprint density at radius 2 is 1.70 bits per heavy atom. The van der Waals surface area contributed by atoms with Crippen molar-refractivity contribution in [2.75, 3.05) is 0 Å². The van der Waals surface area contributed by atoms with Crippen molar-refractivity contribution < 1.29 is 40.2 Å². The monoisotopic (exact) mass is 294 g/mol. The number of hydrogen-bond donors (Lipinski definition) is 6. The SMILES string of the molecule is O=C(O)CCCC(O)CC[C@H]1O[C@@H](O)[C@H](O)[C@@H](O)[C@H]1O. The summed E-state index contributed by atoms with van der Waals surface area (Å²) >= 11 is 0. The number of rotatable bonds is 7. The number of hydrogen-bond acceptors (Lipinski definition) is 7. The first kappa shape index (κ1) is 17.3. The van der Waals surface area contributed by atoms with Gasteiger partial charge in [0.1, 0.15) is 18.3 Å². The smallest absolute Gasteiger partial charge is 0.303 e. The van der Waals surface area contributed by atoms with Gasteiger partial charge in [0.15, 0.2) is 6.29 Å². The second-order valence-electron chi connectivity index (χ2n) is 5.05. The Hall–Kier alpha value is -0.770. The fraction of sp³-hybridized carbons (Fsp3) is 0.917. The molecule has 8 nitrogen and oxygen atoms in total. The van der Waals surface area contributed by atoms with Crippen molar-refractivity contribution in [3.63, 3.8) is 0 Å². The molecule has 0 aliphatic carbocycles. The quantitative estimate of drug-likeness (QED) is 0.322. The van der Waals surface area contributed by atoms with Crippen LogP contribution in [0.25, 0.3) is 0 Å². The van der Waals surface area contributed by atoms with Gasteiger partial charge in [-0.05, 0) is 25.7 Å². The molecule has 1 fully saturated rings. The molecule has 1 rings (SSSR count). The fourth-order valence-electron chi connectivity index (χ4n) is 2.16. The number of aliphatic hydroxyl groups is 5. The van der Waals surface area contributed by atoms with E-state index in [0.29, 0.717) is 12.8 Å². The molecule has 6 N–H and O–H groups in total. The van der Waals surface area contributed by atoms with Gasteiger partial charge in [-0.25, -0.2) is 0 Å². The highest BCUT2D eigenvalue weighted by Crippen LogP contribution is 2.23. The Labute approximate surface area is 116 Å². The summed E-state index contributed by atoms with van der Waals surface area (Å²) in [5.41, 5.74) is 0. The van der Waals surface area contributed by atoms with Crippen LogP contribution in [0.1, 0.15) is 32.1 Å². The molecule has 0 aromatic heterocycles. The van der Waals surface area contributed by atoms with Gasteiger partial charge in [-0.3, -0.25) is 4.79 Å². The van der Waals surface area contributed by atoms with E-state index in [-0.39, 0.29) is 19.3 Å². The Morgan fingerprint density at radius 1 is 1.05 bits per heavy atom. The zero-order valence-corrected chi connectivity index (χ0v) is 11.0. The molecule has 1 saturated heterocycles. The van der Waals surface area contributed by atoms with Crippen molar-refractivity contribution in [2.45, 2.75) is 68.9 Å². The van der Waals surface area contributed by atoms with Crippen molar-refractivity contribution >= 4 is 5.97 Å². The molecule has 1 heterocycles. The van der Waals surface area contributed by atoms with E-state index in [0.717, 1.165) is 0 Å². The molecule has 1 aliphatic rings. The van der Waals surface area contributed by atoms with E-state index in [9.17, 15) is 30.3 Å². The third-order valence-electron chi connectivity index (χ3n) is 3.40. The van der Waals surface area contributed by atoms with Gasteiger partial charge in [-0.2, -0.15) is 0 Å². The van der Waals surface area contributed by atoms with Crippen LogP contribution in [-0.2, 0) is 9.53 Å². The molecular formula is C12H22O8. The first-order chi connectivity index (χ1) is 9.32. The van der Waals surface area contributed by atoms with Crippen LogP contribution in [0, 0.1) is 0 Å². The van der Waals surface area contributed by atoms with Crippen molar-refractivity contribution in [3.8, 4) is 0 Å². The van der Waals surface area contributed by atoms with Gasteiger partial charge in [-0.1, -0.05) is 0 Å². The highest BCUT2D eigenvalue weighted by molar-refractivity contribution is 5.66. The molecule has 0 spiro atoms. The Morgan fingerprint density at radius 3 is 2.30 bits per heavy atom. The molecule has 8 heteroatoms. The zero-order chi connectivity index (χ0) is 15.3. The minimum absolute atomic E-state index is 0.0246. The van der Waals surface area contributed by atoms with Crippen LogP contribution in [0.3, 0.4) is 0 Å². The van der Waals surface area contributed by atoms with Crippen molar-refractivity contribution in [1.82, 2.24) is 0 Å². The Bertz CT molecular complexity index is 310. The predicted molar refractivity (Wildman–Crippen MR) is 65.6 cm³/mol. The molecular weight excluding hydrogens is 272 g/mol. The molecule has 0 aromatic carbocycles. The first-order valence-electron chi connectivity index (χ1n) is 6.60. The van der Waals surface area contributed by atoms with Gasteiger partial charge >= 0.3 is 5.97 Å². The van der Waals surface area contributed by atoms with E-state index in [1.165, 1.54) is 0 Å². The number of aliphatic hydroxyl groups excluding tert-OH is 5. The van der Waals surface area contributed by atoms with Crippen LogP contribution in [0.15, 0.2) is 0 Å². The lowest BCUT2D eigenvalue weighted by Crippen LogP contribution is -2.57. The molecule has 0 aromatic rings. The van der Waals surface area contributed by atoms with Crippen LogP contribution in [0.5, 0.6) is 0 Å². The number of aliphatic carboxylic acids is 1. The molecule has 0 bridgehead atoms. The largest absolute Gasteiger partial charge is 0.481 e. The molecule has 0 amide bonds. The Balaban J connectivity index is 2.31. The number of carboxylic acids is 1. The maximum atomic E-state index is 10.3. The topological polar surface area (TPSA) is 148 Å². The number of carboxylic acid groups (broad SMARTS) is 1. The summed E-state index contributed by atoms with van der Waals surface area (Å²) in [5.74, 6) is -0.927. The second kappa shape index (κ2) is 7.87. The summed E-state index contributed by atoms with van der Waals surface area (Å²) in [6.45, 7) is 0.